The van der Waals surface area contributed by atoms with Gasteiger partial charge in [-0.1, -0.05) is 16.6 Å². The van der Waals surface area contributed by atoms with Crippen molar-refractivity contribution in [1.82, 2.24) is 19.8 Å². The van der Waals surface area contributed by atoms with Gasteiger partial charge in [0.15, 0.2) is 0 Å². The van der Waals surface area contributed by atoms with Crippen LogP contribution in [0.5, 0.6) is 0 Å². The average molecular weight is 362 g/mol. The summed E-state index contributed by atoms with van der Waals surface area (Å²) in [6, 6.07) is 5.93. The van der Waals surface area contributed by atoms with Crippen LogP contribution in [0.3, 0.4) is 0 Å². The maximum Gasteiger partial charge on any atom is 0.267 e. The largest absolute Gasteiger partial charge is 0.352 e. The van der Waals surface area contributed by atoms with E-state index < -0.39 is 11.7 Å². The second-order valence-corrected chi connectivity index (χ2v) is 6.87. The van der Waals surface area contributed by atoms with E-state index in [9.17, 15) is 14.0 Å². The van der Waals surface area contributed by atoms with Crippen molar-refractivity contribution >= 4 is 23.3 Å². The van der Waals surface area contributed by atoms with Gasteiger partial charge in [0.05, 0.1) is 11.3 Å². The standard InChI is InChI=1S/C17H19FN4O2S/c1-11-15(25-21-20-11)17(24)22-8-6-12(7-9-22)10-19-16(23)13-4-2-3-5-14(13)18/h2-5,12H,6-10H2,1H3,(H,19,23). The topological polar surface area (TPSA) is 75.2 Å². The van der Waals surface area contributed by atoms with Crippen LogP contribution in [-0.2, 0) is 0 Å². The first-order valence-electron chi connectivity index (χ1n) is 8.17. The third-order valence-corrected chi connectivity index (χ3v) is 5.23. The highest BCUT2D eigenvalue weighted by Crippen LogP contribution is 2.20. The summed E-state index contributed by atoms with van der Waals surface area (Å²) in [6.45, 7) is 3.53. The molecule has 25 heavy (non-hydrogen) atoms. The minimum absolute atomic E-state index is 0.0265. The Morgan fingerprint density at radius 1 is 1.32 bits per heavy atom. The summed E-state index contributed by atoms with van der Waals surface area (Å²) in [7, 11) is 0. The smallest absolute Gasteiger partial charge is 0.267 e. The number of carbonyl (C=O) groups excluding carboxylic acids is 2. The number of nitrogens with one attached hydrogen (secondary N) is 1. The van der Waals surface area contributed by atoms with Crippen molar-refractivity contribution in [3.8, 4) is 0 Å². The maximum atomic E-state index is 13.6. The number of hydrogen-bond donors (Lipinski definition) is 1. The molecule has 3 rings (SSSR count). The van der Waals surface area contributed by atoms with Crippen LogP contribution in [0, 0.1) is 18.7 Å². The second kappa shape index (κ2) is 7.69. The van der Waals surface area contributed by atoms with Crippen molar-refractivity contribution in [1.29, 1.82) is 0 Å². The molecular weight excluding hydrogens is 343 g/mol. The predicted octanol–water partition coefficient (Wildman–Crippen LogP) is 2.27. The summed E-state index contributed by atoms with van der Waals surface area (Å²) >= 11 is 1.12. The highest BCUT2D eigenvalue weighted by molar-refractivity contribution is 7.07. The Hall–Kier alpha value is -2.35. The zero-order valence-electron chi connectivity index (χ0n) is 13.9. The fraction of sp³-hybridized carbons (Fsp3) is 0.412. The van der Waals surface area contributed by atoms with Crippen molar-refractivity contribution < 1.29 is 14.0 Å². The van der Waals surface area contributed by atoms with Gasteiger partial charge in [-0.05, 0) is 49.3 Å². The Kier molecular flexibility index (Phi) is 5.37. The van der Waals surface area contributed by atoms with Gasteiger partial charge < -0.3 is 10.2 Å². The summed E-state index contributed by atoms with van der Waals surface area (Å²) in [6.07, 6.45) is 1.60. The van der Waals surface area contributed by atoms with E-state index in [-0.39, 0.29) is 17.4 Å². The van der Waals surface area contributed by atoms with Crippen molar-refractivity contribution in [2.24, 2.45) is 5.92 Å². The number of halogens is 1. The van der Waals surface area contributed by atoms with Crippen LogP contribution in [0.25, 0.3) is 0 Å². The molecule has 8 heteroatoms. The Labute approximate surface area is 149 Å². The molecule has 1 aromatic carbocycles. The molecule has 1 aromatic heterocycles. The van der Waals surface area contributed by atoms with Gasteiger partial charge in [0, 0.05) is 19.6 Å². The number of carbonyl (C=O) groups is 2. The van der Waals surface area contributed by atoms with Crippen LogP contribution in [0.1, 0.15) is 38.6 Å². The van der Waals surface area contributed by atoms with Gasteiger partial charge in [-0.15, -0.1) is 5.10 Å². The number of nitrogens with zero attached hydrogens (tertiary/aromatic N) is 3. The van der Waals surface area contributed by atoms with Gasteiger partial charge in [-0.3, -0.25) is 9.59 Å². The zero-order valence-corrected chi connectivity index (χ0v) is 14.7. The Bertz CT molecular complexity index is 772. The minimum Gasteiger partial charge on any atom is -0.352 e. The number of benzene rings is 1. The van der Waals surface area contributed by atoms with E-state index in [1.165, 1.54) is 12.1 Å². The zero-order chi connectivity index (χ0) is 17.8. The highest BCUT2D eigenvalue weighted by atomic mass is 32.1. The molecule has 0 radical (unpaired) electrons. The lowest BCUT2D eigenvalue weighted by molar-refractivity contribution is 0.0688. The lowest BCUT2D eigenvalue weighted by atomic mass is 9.96. The minimum atomic E-state index is -0.519. The highest BCUT2D eigenvalue weighted by Gasteiger charge is 2.26. The van der Waals surface area contributed by atoms with E-state index in [0.717, 1.165) is 24.4 Å². The van der Waals surface area contributed by atoms with Gasteiger partial charge in [0.25, 0.3) is 11.8 Å². The first-order valence-corrected chi connectivity index (χ1v) is 8.94. The van der Waals surface area contributed by atoms with E-state index in [0.29, 0.717) is 30.2 Å². The number of likely N-dealkylation sites (tertiary alicyclic amines) is 1. The molecule has 1 fully saturated rings. The van der Waals surface area contributed by atoms with E-state index in [1.807, 2.05) is 0 Å². The molecule has 0 bridgehead atoms. The van der Waals surface area contributed by atoms with Crippen LogP contribution >= 0.6 is 11.5 Å². The lowest BCUT2D eigenvalue weighted by Crippen LogP contribution is -2.41. The predicted molar refractivity (Wildman–Crippen MR) is 92.0 cm³/mol. The third-order valence-electron chi connectivity index (χ3n) is 4.42. The SMILES string of the molecule is Cc1nnsc1C(=O)N1CCC(CNC(=O)c2ccccc2F)CC1. The molecule has 2 amide bonds. The second-order valence-electron chi connectivity index (χ2n) is 6.11. The average Bonchev–Trinajstić information content (AvgIpc) is 3.06. The number of rotatable bonds is 4. The molecule has 1 N–H and O–H groups in total. The Morgan fingerprint density at radius 2 is 2.04 bits per heavy atom. The third kappa shape index (κ3) is 4.01. The maximum absolute atomic E-state index is 13.6. The summed E-state index contributed by atoms with van der Waals surface area (Å²) in [5, 5.41) is 6.67. The van der Waals surface area contributed by atoms with E-state index in [2.05, 4.69) is 14.9 Å². The molecule has 0 unspecified atom stereocenters. The molecule has 1 aliphatic heterocycles. The first kappa shape index (κ1) is 17.5. The van der Waals surface area contributed by atoms with Gasteiger partial charge in [-0.2, -0.15) is 0 Å². The van der Waals surface area contributed by atoms with Crippen LogP contribution in [0.15, 0.2) is 24.3 Å². The van der Waals surface area contributed by atoms with E-state index in [1.54, 1.807) is 24.0 Å². The monoisotopic (exact) mass is 362 g/mol. The molecule has 1 aliphatic rings. The summed E-state index contributed by atoms with van der Waals surface area (Å²) in [4.78, 5) is 26.9. The first-order chi connectivity index (χ1) is 12.1. The van der Waals surface area contributed by atoms with E-state index >= 15 is 0 Å². The van der Waals surface area contributed by atoms with Crippen molar-refractivity contribution in [3.63, 3.8) is 0 Å². The normalized spacial score (nSPS) is 15.2. The van der Waals surface area contributed by atoms with Crippen LogP contribution in [-0.4, -0.2) is 45.9 Å². The molecule has 0 atom stereocenters. The molecule has 0 aliphatic carbocycles. The molecule has 2 heterocycles. The van der Waals surface area contributed by atoms with Crippen molar-refractivity contribution in [2.75, 3.05) is 19.6 Å². The van der Waals surface area contributed by atoms with Crippen LogP contribution < -0.4 is 5.32 Å². The summed E-state index contributed by atoms with van der Waals surface area (Å²) < 4.78 is 17.4. The lowest BCUT2D eigenvalue weighted by Gasteiger charge is -2.31. The van der Waals surface area contributed by atoms with E-state index in [4.69, 9.17) is 0 Å². The van der Waals surface area contributed by atoms with Crippen molar-refractivity contribution in [2.45, 2.75) is 19.8 Å². The number of amides is 2. The molecule has 0 saturated carbocycles. The molecule has 6 nitrogen and oxygen atoms in total. The number of hydrogen-bond acceptors (Lipinski definition) is 5. The van der Waals surface area contributed by atoms with Crippen LogP contribution in [0.4, 0.5) is 4.39 Å². The molecule has 1 saturated heterocycles. The Balaban J connectivity index is 1.48. The quantitative estimate of drug-likeness (QED) is 0.905. The number of aryl methyl sites for hydroxylation is 1. The summed E-state index contributed by atoms with van der Waals surface area (Å²) in [5.41, 5.74) is 0.720. The van der Waals surface area contributed by atoms with Crippen LogP contribution in [0.2, 0.25) is 0 Å². The number of aromatic nitrogens is 2. The van der Waals surface area contributed by atoms with Gasteiger partial charge in [0.2, 0.25) is 0 Å². The summed E-state index contributed by atoms with van der Waals surface area (Å²) in [5.74, 6) is -0.668. The molecule has 2 aromatic rings. The van der Waals surface area contributed by atoms with Crippen molar-refractivity contribution in [3.05, 3.63) is 46.2 Å². The Morgan fingerprint density at radius 3 is 2.68 bits per heavy atom. The fourth-order valence-electron chi connectivity index (χ4n) is 2.89. The van der Waals surface area contributed by atoms with Gasteiger partial charge in [0.1, 0.15) is 10.7 Å². The molecule has 132 valence electrons. The number of piperidine rings is 1. The van der Waals surface area contributed by atoms with Gasteiger partial charge >= 0.3 is 0 Å². The molecular formula is C17H19FN4O2S. The fourth-order valence-corrected chi connectivity index (χ4v) is 3.51. The van der Waals surface area contributed by atoms with Gasteiger partial charge in [-0.25, -0.2) is 4.39 Å². The molecule has 0 spiro atoms.